The number of fused-ring (bicyclic) bond motifs is 1. The van der Waals surface area contributed by atoms with Gasteiger partial charge in [-0.05, 0) is 41.6 Å². The van der Waals surface area contributed by atoms with Crippen LogP contribution < -0.4 is 0 Å². The van der Waals surface area contributed by atoms with E-state index in [4.69, 9.17) is 0 Å². The average Bonchev–Trinajstić information content (AvgIpc) is 3.14. The van der Waals surface area contributed by atoms with Crippen molar-refractivity contribution in [2.24, 2.45) is 0 Å². The predicted octanol–water partition coefficient (Wildman–Crippen LogP) is 4.09. The number of rotatable bonds is 3. The van der Waals surface area contributed by atoms with Crippen LogP contribution in [-0.4, -0.2) is 19.8 Å². The van der Waals surface area contributed by atoms with Crippen LogP contribution in [0.2, 0.25) is 0 Å². The molecule has 0 spiro atoms. The van der Waals surface area contributed by atoms with E-state index >= 15 is 0 Å². The molecule has 4 rings (SSSR count). The Kier molecular flexibility index (Phi) is 3.42. The highest BCUT2D eigenvalue weighted by molar-refractivity contribution is 7.23. The van der Waals surface area contributed by atoms with Crippen molar-refractivity contribution in [3.63, 3.8) is 0 Å². The fourth-order valence-corrected chi connectivity index (χ4v) is 4.28. The molecule has 0 N–H and O–H groups in total. The third kappa shape index (κ3) is 2.64. The largest absolute Gasteiger partial charge is 0.235 e. The quantitative estimate of drug-likeness (QED) is 0.560. The van der Waals surface area contributed by atoms with Gasteiger partial charge in [-0.2, -0.15) is 9.61 Å². The molecule has 0 atom stereocenters. The van der Waals surface area contributed by atoms with Crippen molar-refractivity contribution in [2.45, 2.75) is 13.3 Å². The highest BCUT2D eigenvalue weighted by Gasteiger charge is 2.15. The first kappa shape index (κ1) is 14.4. The lowest BCUT2D eigenvalue weighted by Crippen LogP contribution is -1.99. The molecule has 0 amide bonds. The average molecular weight is 348 g/mol. The van der Waals surface area contributed by atoms with Gasteiger partial charge in [-0.3, -0.25) is 0 Å². The SMILES string of the molecule is Cc1ccsc1-c1nn2c(Cc3cc(F)cc(F)c3)nnc2s1. The second-order valence-corrected chi connectivity index (χ2v) is 6.98. The summed E-state index contributed by atoms with van der Waals surface area (Å²) in [4.78, 5) is 1.77. The van der Waals surface area contributed by atoms with E-state index in [9.17, 15) is 8.78 Å². The normalized spacial score (nSPS) is 11.4. The summed E-state index contributed by atoms with van der Waals surface area (Å²) < 4.78 is 28.3. The van der Waals surface area contributed by atoms with Gasteiger partial charge in [0.15, 0.2) is 10.8 Å². The van der Waals surface area contributed by atoms with Crippen molar-refractivity contribution in [1.82, 2.24) is 19.8 Å². The summed E-state index contributed by atoms with van der Waals surface area (Å²) in [5.41, 5.74) is 1.66. The summed E-state index contributed by atoms with van der Waals surface area (Å²) in [6.45, 7) is 2.03. The van der Waals surface area contributed by atoms with Gasteiger partial charge in [0.05, 0.1) is 4.88 Å². The van der Waals surface area contributed by atoms with E-state index in [1.165, 1.54) is 23.5 Å². The molecule has 8 heteroatoms. The van der Waals surface area contributed by atoms with Gasteiger partial charge in [0.25, 0.3) is 0 Å². The molecular formula is C15H10F2N4S2. The Morgan fingerprint density at radius 1 is 1.13 bits per heavy atom. The Morgan fingerprint density at radius 3 is 2.61 bits per heavy atom. The van der Waals surface area contributed by atoms with Crippen molar-refractivity contribution in [3.8, 4) is 9.88 Å². The number of halogens is 2. The molecule has 0 aliphatic rings. The molecule has 0 aliphatic heterocycles. The Balaban J connectivity index is 1.73. The molecule has 0 saturated heterocycles. The topological polar surface area (TPSA) is 43.1 Å². The van der Waals surface area contributed by atoms with Crippen LogP contribution >= 0.6 is 22.7 Å². The van der Waals surface area contributed by atoms with E-state index in [0.29, 0.717) is 16.3 Å². The number of thiophene rings is 1. The zero-order valence-electron chi connectivity index (χ0n) is 12.0. The number of hydrogen-bond donors (Lipinski definition) is 0. The van der Waals surface area contributed by atoms with Gasteiger partial charge in [-0.25, -0.2) is 8.78 Å². The summed E-state index contributed by atoms with van der Waals surface area (Å²) in [6, 6.07) is 5.48. The molecule has 0 radical (unpaired) electrons. The fourth-order valence-electron chi connectivity index (χ4n) is 2.35. The van der Waals surface area contributed by atoms with Crippen molar-refractivity contribution in [2.75, 3.05) is 0 Å². The lowest BCUT2D eigenvalue weighted by atomic mass is 10.1. The van der Waals surface area contributed by atoms with Crippen LogP contribution in [0.5, 0.6) is 0 Å². The van der Waals surface area contributed by atoms with Crippen molar-refractivity contribution < 1.29 is 8.78 Å². The molecule has 3 heterocycles. The highest BCUT2D eigenvalue weighted by Crippen LogP contribution is 2.32. The van der Waals surface area contributed by atoms with Crippen molar-refractivity contribution >= 4 is 27.6 Å². The molecule has 116 valence electrons. The van der Waals surface area contributed by atoms with Crippen LogP contribution in [0.25, 0.3) is 14.8 Å². The standard InChI is InChI=1S/C15H10F2N4S2/c1-8-2-3-22-13(8)14-20-21-12(18-19-15(21)23-14)6-9-4-10(16)7-11(17)5-9/h2-5,7H,6H2,1H3. The van der Waals surface area contributed by atoms with Gasteiger partial charge in [-0.1, -0.05) is 11.3 Å². The van der Waals surface area contributed by atoms with Crippen molar-refractivity contribution in [1.29, 1.82) is 0 Å². The maximum Gasteiger partial charge on any atom is 0.235 e. The van der Waals surface area contributed by atoms with Crippen LogP contribution in [-0.2, 0) is 6.42 Å². The molecule has 1 aromatic carbocycles. The van der Waals surface area contributed by atoms with E-state index in [0.717, 1.165) is 21.5 Å². The summed E-state index contributed by atoms with van der Waals surface area (Å²) in [6.07, 6.45) is 0.266. The van der Waals surface area contributed by atoms with E-state index in [1.807, 2.05) is 18.4 Å². The maximum atomic E-state index is 13.3. The van der Waals surface area contributed by atoms with Gasteiger partial charge in [0.2, 0.25) is 4.96 Å². The number of hydrogen-bond acceptors (Lipinski definition) is 5. The molecule has 4 aromatic rings. The van der Waals surface area contributed by atoms with Crippen LogP contribution in [0, 0.1) is 18.6 Å². The Morgan fingerprint density at radius 2 is 1.91 bits per heavy atom. The lowest BCUT2D eigenvalue weighted by molar-refractivity contribution is 0.580. The van der Waals surface area contributed by atoms with Crippen molar-refractivity contribution in [3.05, 3.63) is 58.2 Å². The first-order chi connectivity index (χ1) is 11.1. The second-order valence-electron chi connectivity index (χ2n) is 5.11. The third-order valence-corrected chi connectivity index (χ3v) is 5.47. The van der Waals surface area contributed by atoms with Crippen LogP contribution in [0.3, 0.4) is 0 Å². The third-order valence-electron chi connectivity index (χ3n) is 3.40. The molecule has 0 fully saturated rings. The summed E-state index contributed by atoms with van der Waals surface area (Å²) in [5, 5.41) is 15.6. The molecule has 23 heavy (non-hydrogen) atoms. The molecule has 4 nitrogen and oxygen atoms in total. The number of aryl methyl sites for hydroxylation is 1. The minimum Gasteiger partial charge on any atom is -0.207 e. The first-order valence-electron chi connectivity index (χ1n) is 6.81. The predicted molar refractivity (Wildman–Crippen MR) is 85.9 cm³/mol. The zero-order valence-corrected chi connectivity index (χ0v) is 13.6. The molecule has 0 bridgehead atoms. The van der Waals surface area contributed by atoms with Crippen LogP contribution in [0.1, 0.15) is 17.0 Å². The molecule has 0 saturated carbocycles. The minimum atomic E-state index is -0.603. The van der Waals surface area contributed by atoms with E-state index in [2.05, 4.69) is 15.3 Å². The minimum absolute atomic E-state index is 0.266. The Labute approximate surface area is 138 Å². The number of nitrogens with zero attached hydrogens (tertiary/aromatic N) is 4. The lowest BCUT2D eigenvalue weighted by Gasteiger charge is -2.00. The van der Waals surface area contributed by atoms with Gasteiger partial charge in [0.1, 0.15) is 11.6 Å². The number of benzene rings is 1. The summed E-state index contributed by atoms with van der Waals surface area (Å²) in [7, 11) is 0. The molecular weight excluding hydrogens is 338 g/mol. The van der Waals surface area contributed by atoms with Gasteiger partial charge in [0, 0.05) is 12.5 Å². The molecule has 0 aliphatic carbocycles. The highest BCUT2D eigenvalue weighted by atomic mass is 32.1. The maximum absolute atomic E-state index is 13.3. The Hall–Kier alpha value is -2.19. The smallest absolute Gasteiger partial charge is 0.207 e. The first-order valence-corrected chi connectivity index (χ1v) is 8.50. The fraction of sp³-hybridized carbons (Fsp3) is 0.133. The summed E-state index contributed by atoms with van der Waals surface area (Å²) in [5.74, 6) is -0.649. The second kappa shape index (κ2) is 5.47. The van der Waals surface area contributed by atoms with Gasteiger partial charge >= 0.3 is 0 Å². The number of aromatic nitrogens is 4. The zero-order chi connectivity index (χ0) is 16.0. The van der Waals surface area contributed by atoms with Gasteiger partial charge < -0.3 is 0 Å². The van der Waals surface area contributed by atoms with Gasteiger partial charge in [-0.15, -0.1) is 21.5 Å². The van der Waals surface area contributed by atoms with E-state index < -0.39 is 11.6 Å². The summed E-state index contributed by atoms with van der Waals surface area (Å²) >= 11 is 3.07. The molecule has 0 unspecified atom stereocenters. The van der Waals surface area contributed by atoms with E-state index in [-0.39, 0.29) is 6.42 Å². The van der Waals surface area contributed by atoms with Crippen LogP contribution in [0.15, 0.2) is 29.6 Å². The monoisotopic (exact) mass is 348 g/mol. The molecule has 3 aromatic heterocycles. The van der Waals surface area contributed by atoms with E-state index in [1.54, 1.807) is 15.9 Å². The van der Waals surface area contributed by atoms with Crippen LogP contribution in [0.4, 0.5) is 8.78 Å². The Bertz CT molecular complexity index is 982.